The molecule has 0 aromatic heterocycles. The molecule has 0 amide bonds. The van der Waals surface area contributed by atoms with E-state index in [0.29, 0.717) is 5.56 Å². The number of carbonyl (C=O) groups excluding carboxylic acids is 1. The molecule has 1 rings (SSSR count). The Morgan fingerprint density at radius 3 is 2.29 bits per heavy atom. The molecule has 0 bridgehead atoms. The van der Waals surface area contributed by atoms with Crippen LogP contribution in [0.3, 0.4) is 0 Å². The predicted molar refractivity (Wildman–Crippen MR) is 70.4 cm³/mol. The average Bonchev–Trinajstić information content (AvgIpc) is 2.15. The third-order valence-corrected chi connectivity index (χ3v) is 2.67. The Morgan fingerprint density at radius 2 is 1.82 bits per heavy atom. The van der Waals surface area contributed by atoms with Crippen LogP contribution in [0.4, 0.5) is 0 Å². The van der Waals surface area contributed by atoms with Crippen molar-refractivity contribution < 1.29 is 9.53 Å². The van der Waals surface area contributed by atoms with E-state index in [1.165, 1.54) is 0 Å². The number of hydrogen-bond donors (Lipinski definition) is 0. The molecule has 0 saturated heterocycles. The number of benzene rings is 1. The van der Waals surface area contributed by atoms with Gasteiger partial charge in [0.1, 0.15) is 0 Å². The van der Waals surface area contributed by atoms with Gasteiger partial charge in [0.05, 0.1) is 11.7 Å². The molecule has 1 aromatic rings. The number of aryl methyl sites for hydroxylation is 1. The summed E-state index contributed by atoms with van der Waals surface area (Å²) in [5.41, 5.74) is 2.83. The molecular formula is C15H22O2. The molecule has 0 fully saturated rings. The lowest BCUT2D eigenvalue weighted by Crippen LogP contribution is -2.16. The van der Waals surface area contributed by atoms with Gasteiger partial charge in [-0.3, -0.25) is 0 Å². The fraction of sp³-hybridized carbons (Fsp3) is 0.533. The number of esters is 1. The van der Waals surface area contributed by atoms with Gasteiger partial charge in [0.25, 0.3) is 0 Å². The van der Waals surface area contributed by atoms with Gasteiger partial charge < -0.3 is 4.74 Å². The maximum atomic E-state index is 11.9. The highest BCUT2D eigenvalue weighted by atomic mass is 16.5. The Morgan fingerprint density at radius 1 is 1.24 bits per heavy atom. The first-order chi connectivity index (χ1) is 7.71. The second-order valence-corrected chi connectivity index (χ2v) is 5.73. The van der Waals surface area contributed by atoms with Crippen molar-refractivity contribution in [3.63, 3.8) is 0 Å². The zero-order valence-corrected chi connectivity index (χ0v) is 11.6. The third-order valence-electron chi connectivity index (χ3n) is 2.67. The Balaban J connectivity index is 3.11. The van der Waals surface area contributed by atoms with E-state index in [2.05, 4.69) is 26.8 Å². The summed E-state index contributed by atoms with van der Waals surface area (Å²) in [4.78, 5) is 11.9. The maximum absolute atomic E-state index is 11.9. The van der Waals surface area contributed by atoms with Crippen LogP contribution < -0.4 is 0 Å². The summed E-state index contributed by atoms with van der Waals surface area (Å²) in [5, 5.41) is 0. The molecule has 0 unspecified atom stereocenters. The van der Waals surface area contributed by atoms with E-state index in [1.54, 1.807) is 0 Å². The minimum absolute atomic E-state index is 0.0422. The third kappa shape index (κ3) is 3.58. The summed E-state index contributed by atoms with van der Waals surface area (Å²) in [5.74, 6) is -0.233. The fourth-order valence-corrected chi connectivity index (χ4v) is 1.59. The monoisotopic (exact) mass is 234 g/mol. The summed E-state index contributed by atoms with van der Waals surface area (Å²) in [6.45, 7) is 12.1. The van der Waals surface area contributed by atoms with E-state index < -0.39 is 0 Å². The predicted octanol–water partition coefficient (Wildman–Crippen LogP) is 3.86. The highest BCUT2D eigenvalue weighted by Crippen LogP contribution is 2.25. The van der Waals surface area contributed by atoms with Crippen LogP contribution in [0.15, 0.2) is 18.2 Å². The summed E-state index contributed by atoms with van der Waals surface area (Å²) in [7, 11) is 0. The van der Waals surface area contributed by atoms with Gasteiger partial charge in [0.15, 0.2) is 0 Å². The number of hydrogen-bond acceptors (Lipinski definition) is 2. The van der Waals surface area contributed by atoms with Crippen molar-refractivity contribution in [2.45, 2.75) is 53.1 Å². The van der Waals surface area contributed by atoms with Crippen molar-refractivity contribution in [1.29, 1.82) is 0 Å². The fourth-order valence-electron chi connectivity index (χ4n) is 1.59. The highest BCUT2D eigenvalue weighted by Gasteiger charge is 2.18. The molecule has 1 aromatic carbocycles. The standard InChI is InChI=1S/C15H22O2/c1-10(2)17-14(16)13-9-12(15(4,5)6)8-7-11(13)3/h7-10H,1-6H3. The number of ether oxygens (including phenoxy) is 1. The molecule has 0 heterocycles. The van der Waals surface area contributed by atoms with Crippen LogP contribution in [-0.2, 0) is 10.2 Å². The largest absolute Gasteiger partial charge is 0.459 e. The second kappa shape index (κ2) is 4.91. The van der Waals surface area contributed by atoms with E-state index >= 15 is 0 Å². The molecule has 0 aliphatic rings. The molecule has 2 nitrogen and oxygen atoms in total. The Hall–Kier alpha value is -1.31. The van der Waals surface area contributed by atoms with Gasteiger partial charge in [-0.15, -0.1) is 0 Å². The highest BCUT2D eigenvalue weighted by molar-refractivity contribution is 5.91. The Labute approximate surface area is 104 Å². The van der Waals surface area contributed by atoms with Crippen LogP contribution in [0.5, 0.6) is 0 Å². The zero-order valence-electron chi connectivity index (χ0n) is 11.6. The van der Waals surface area contributed by atoms with Crippen molar-refractivity contribution >= 4 is 5.97 Å². The topological polar surface area (TPSA) is 26.3 Å². The summed E-state index contributed by atoms with van der Waals surface area (Å²) >= 11 is 0. The van der Waals surface area contributed by atoms with Gasteiger partial charge >= 0.3 is 5.97 Å². The van der Waals surface area contributed by atoms with Gasteiger partial charge in [-0.25, -0.2) is 4.79 Å². The van der Waals surface area contributed by atoms with Gasteiger partial charge in [0, 0.05) is 0 Å². The van der Waals surface area contributed by atoms with Crippen molar-refractivity contribution in [3.8, 4) is 0 Å². The zero-order chi connectivity index (χ0) is 13.2. The van der Waals surface area contributed by atoms with E-state index in [1.807, 2.05) is 32.9 Å². The quantitative estimate of drug-likeness (QED) is 0.726. The van der Waals surface area contributed by atoms with Crippen LogP contribution in [0.2, 0.25) is 0 Å². The van der Waals surface area contributed by atoms with E-state index in [9.17, 15) is 4.79 Å². The van der Waals surface area contributed by atoms with E-state index in [4.69, 9.17) is 4.74 Å². The minimum Gasteiger partial charge on any atom is -0.459 e. The van der Waals surface area contributed by atoms with Crippen molar-refractivity contribution in [2.75, 3.05) is 0 Å². The molecule has 94 valence electrons. The first-order valence-electron chi connectivity index (χ1n) is 6.04. The van der Waals surface area contributed by atoms with Gasteiger partial charge in [0.2, 0.25) is 0 Å². The lowest BCUT2D eigenvalue weighted by atomic mass is 9.85. The van der Waals surface area contributed by atoms with Crippen molar-refractivity contribution in [1.82, 2.24) is 0 Å². The molecule has 0 saturated carbocycles. The van der Waals surface area contributed by atoms with Gasteiger partial charge in [-0.1, -0.05) is 32.9 Å². The summed E-state index contributed by atoms with van der Waals surface area (Å²) in [6, 6.07) is 6.00. The molecule has 0 N–H and O–H groups in total. The minimum atomic E-state index is -0.233. The second-order valence-electron chi connectivity index (χ2n) is 5.73. The van der Waals surface area contributed by atoms with Crippen LogP contribution >= 0.6 is 0 Å². The Bertz CT molecular complexity index is 411. The summed E-state index contributed by atoms with van der Waals surface area (Å²) in [6.07, 6.45) is -0.0832. The number of carbonyl (C=O) groups is 1. The smallest absolute Gasteiger partial charge is 0.338 e. The lowest BCUT2D eigenvalue weighted by molar-refractivity contribution is 0.0377. The van der Waals surface area contributed by atoms with Crippen molar-refractivity contribution in [2.24, 2.45) is 0 Å². The first kappa shape index (κ1) is 13.8. The molecule has 17 heavy (non-hydrogen) atoms. The number of rotatable bonds is 2. The lowest BCUT2D eigenvalue weighted by Gasteiger charge is -2.20. The van der Waals surface area contributed by atoms with E-state index in [-0.39, 0.29) is 17.5 Å². The molecule has 0 aliphatic carbocycles. The Kier molecular flexibility index (Phi) is 3.97. The first-order valence-corrected chi connectivity index (χ1v) is 6.04. The molecule has 0 spiro atoms. The molecule has 0 atom stereocenters. The van der Waals surface area contributed by atoms with Crippen LogP contribution in [0.1, 0.15) is 56.1 Å². The molecule has 0 aliphatic heterocycles. The van der Waals surface area contributed by atoms with Gasteiger partial charge in [-0.2, -0.15) is 0 Å². The molecule has 2 heteroatoms. The summed E-state index contributed by atoms with van der Waals surface area (Å²) < 4.78 is 5.25. The maximum Gasteiger partial charge on any atom is 0.338 e. The van der Waals surface area contributed by atoms with Gasteiger partial charge in [-0.05, 0) is 43.4 Å². The van der Waals surface area contributed by atoms with Crippen LogP contribution in [0.25, 0.3) is 0 Å². The van der Waals surface area contributed by atoms with Crippen molar-refractivity contribution in [3.05, 3.63) is 34.9 Å². The average molecular weight is 234 g/mol. The van der Waals surface area contributed by atoms with Crippen LogP contribution in [-0.4, -0.2) is 12.1 Å². The molecular weight excluding hydrogens is 212 g/mol. The molecule has 0 radical (unpaired) electrons. The van der Waals surface area contributed by atoms with E-state index in [0.717, 1.165) is 11.1 Å². The SMILES string of the molecule is Cc1ccc(C(C)(C)C)cc1C(=O)OC(C)C. The van der Waals surface area contributed by atoms with Crippen LogP contribution in [0, 0.1) is 6.92 Å². The normalized spacial score (nSPS) is 11.7.